The molecule has 608 valence electrons. The SMILES string of the molecule is Cc1nc2cccc3c2n1-c1ccc(-c2ccc(P(=O)(c4ccccc4)c4ccccc4)cc2)cc1N3c1ccccc1.Cc1nc2cccc3c2n1-c1ccc(-c2ccc4cc(P(=O)(c5ccccc5)c5ccccc5)ccc4c2)cc1N3c1ccccc1.Cc1nc2cccc3c2n1-c1ccccc1N3c1ccc(P(=O)(c2ccccc2)c2ccccc2)cc1. The van der Waals surface area contributed by atoms with Crippen molar-refractivity contribution in [1.82, 2.24) is 28.7 Å². The minimum absolute atomic E-state index is 0.818. The third-order valence-corrected chi connectivity index (χ3v) is 34.0. The maximum Gasteiger partial charge on any atom is 0.171 e. The number of rotatable bonds is 14. The summed E-state index contributed by atoms with van der Waals surface area (Å²) in [5, 5.41) is 9.66. The fourth-order valence-electron chi connectivity index (χ4n) is 18.9. The van der Waals surface area contributed by atoms with Gasteiger partial charge in [0.2, 0.25) is 0 Å². The number of nitrogens with zero attached hydrogens (tertiary/aromatic N) is 9. The van der Waals surface area contributed by atoms with Crippen LogP contribution in [-0.4, -0.2) is 28.7 Å². The van der Waals surface area contributed by atoms with E-state index in [2.05, 4.69) is 274 Å². The lowest BCUT2D eigenvalue weighted by Gasteiger charge is -2.33. The highest BCUT2D eigenvalue weighted by molar-refractivity contribution is 7.86. The molecule has 0 spiro atoms. The molecule has 0 saturated carbocycles. The van der Waals surface area contributed by atoms with Gasteiger partial charge >= 0.3 is 0 Å². The molecule has 21 aromatic rings. The van der Waals surface area contributed by atoms with Gasteiger partial charge in [0.05, 0.1) is 84.3 Å². The number of anilines is 9. The Morgan fingerprint density at radius 2 is 0.441 bits per heavy atom. The summed E-state index contributed by atoms with van der Waals surface area (Å²) in [6.07, 6.45) is 0. The number of hydrogen-bond donors (Lipinski definition) is 0. The topological polar surface area (TPSA) is 114 Å². The smallest absolute Gasteiger partial charge is 0.171 e. The quantitative estimate of drug-likeness (QED) is 0.0982. The van der Waals surface area contributed by atoms with E-state index in [0.717, 1.165) is 200 Å². The average molecular weight is 1690 g/mol. The lowest BCUT2D eigenvalue weighted by atomic mass is 9.99. The van der Waals surface area contributed by atoms with E-state index in [-0.39, 0.29) is 0 Å². The number of hydrogen-bond acceptors (Lipinski definition) is 9. The van der Waals surface area contributed by atoms with Crippen LogP contribution in [0, 0.1) is 20.8 Å². The van der Waals surface area contributed by atoms with Crippen LogP contribution in [0.1, 0.15) is 17.5 Å². The van der Waals surface area contributed by atoms with Gasteiger partial charge in [-0.15, -0.1) is 0 Å². The Labute approximate surface area is 736 Å². The molecule has 0 atom stereocenters. The lowest BCUT2D eigenvalue weighted by molar-refractivity contribution is 0.591. The van der Waals surface area contributed by atoms with Crippen LogP contribution in [0.3, 0.4) is 0 Å². The first-order valence-corrected chi connectivity index (χ1v) is 47.7. The number of para-hydroxylation sites is 7. The number of aromatic nitrogens is 6. The van der Waals surface area contributed by atoms with Gasteiger partial charge in [0.15, 0.2) is 21.4 Å². The first-order valence-electron chi connectivity index (χ1n) is 42.6. The molecule has 3 aliphatic rings. The predicted molar refractivity (Wildman–Crippen MR) is 529 cm³/mol. The van der Waals surface area contributed by atoms with Crippen molar-refractivity contribution in [2.75, 3.05) is 14.7 Å². The third-order valence-electron chi connectivity index (χ3n) is 24.8. The van der Waals surface area contributed by atoms with Crippen molar-refractivity contribution in [3.8, 4) is 39.3 Å². The Bertz CT molecular complexity index is 7830. The van der Waals surface area contributed by atoms with Crippen molar-refractivity contribution in [2.24, 2.45) is 0 Å². The van der Waals surface area contributed by atoms with Gasteiger partial charge in [0.1, 0.15) is 17.5 Å². The van der Waals surface area contributed by atoms with Crippen LogP contribution in [0.4, 0.5) is 51.2 Å². The molecule has 15 heteroatoms. The lowest BCUT2D eigenvalue weighted by Crippen LogP contribution is -2.25. The molecular weight excluding hydrogens is 1610 g/mol. The van der Waals surface area contributed by atoms with Gasteiger partial charge in [-0.3, -0.25) is 13.7 Å². The van der Waals surface area contributed by atoms with E-state index >= 15 is 0 Å². The second-order valence-corrected chi connectivity index (χ2v) is 40.4. The zero-order valence-corrected chi connectivity index (χ0v) is 72.4. The maximum absolute atomic E-state index is 15.0. The van der Waals surface area contributed by atoms with E-state index in [1.165, 1.54) is 0 Å². The van der Waals surface area contributed by atoms with Crippen LogP contribution < -0.4 is 62.4 Å². The fraction of sp³-hybridized carbons (Fsp3) is 0.0268. The second kappa shape index (κ2) is 31.8. The summed E-state index contributed by atoms with van der Waals surface area (Å²) >= 11 is 0. The molecule has 3 aliphatic heterocycles. The van der Waals surface area contributed by atoms with Gasteiger partial charge in [0, 0.05) is 64.8 Å². The summed E-state index contributed by atoms with van der Waals surface area (Å²) in [5.74, 6) is 2.90. The van der Waals surface area contributed by atoms with Crippen LogP contribution in [-0.2, 0) is 13.7 Å². The van der Waals surface area contributed by atoms with Crippen LogP contribution >= 0.6 is 21.4 Å². The van der Waals surface area contributed by atoms with Crippen molar-refractivity contribution in [3.05, 3.63) is 460 Å². The minimum Gasteiger partial charge on any atom is -0.309 e. The first-order chi connectivity index (χ1) is 62.4. The van der Waals surface area contributed by atoms with E-state index in [4.69, 9.17) is 15.0 Å². The van der Waals surface area contributed by atoms with Gasteiger partial charge < -0.3 is 28.4 Å². The molecule has 127 heavy (non-hydrogen) atoms. The van der Waals surface area contributed by atoms with E-state index in [1.54, 1.807) is 0 Å². The van der Waals surface area contributed by atoms with Crippen LogP contribution in [0.2, 0.25) is 0 Å². The van der Waals surface area contributed by atoms with Crippen molar-refractivity contribution in [2.45, 2.75) is 20.8 Å². The summed E-state index contributed by atoms with van der Waals surface area (Å²) in [4.78, 5) is 21.6. The molecule has 0 unspecified atom stereocenters. The number of fused-ring (bicyclic) bond motifs is 7. The molecule has 12 nitrogen and oxygen atoms in total. The zero-order chi connectivity index (χ0) is 85.5. The zero-order valence-electron chi connectivity index (χ0n) is 69.7. The van der Waals surface area contributed by atoms with Gasteiger partial charge in [-0.05, 0) is 187 Å². The Hall–Kier alpha value is -15.3. The fourth-order valence-corrected chi connectivity index (χ4v) is 26.9. The van der Waals surface area contributed by atoms with Gasteiger partial charge in [-0.2, -0.15) is 0 Å². The van der Waals surface area contributed by atoms with Crippen LogP contribution in [0.5, 0.6) is 0 Å². The number of imidazole rings is 3. The van der Waals surface area contributed by atoms with Gasteiger partial charge in [0.25, 0.3) is 0 Å². The van der Waals surface area contributed by atoms with E-state index < -0.39 is 21.4 Å². The average Bonchev–Trinajstić information content (AvgIpc) is 1.61. The van der Waals surface area contributed by atoms with Crippen molar-refractivity contribution in [1.29, 1.82) is 0 Å². The second-order valence-electron chi connectivity index (χ2n) is 32.1. The Morgan fingerprint density at radius 3 is 0.827 bits per heavy atom. The molecule has 0 saturated heterocycles. The van der Waals surface area contributed by atoms with E-state index in [9.17, 15) is 13.7 Å². The third kappa shape index (κ3) is 13.1. The van der Waals surface area contributed by atoms with Crippen molar-refractivity contribution < 1.29 is 13.7 Å². The Morgan fingerprint density at radius 1 is 0.189 bits per heavy atom. The predicted octanol–water partition coefficient (Wildman–Crippen LogP) is 24.8. The number of aryl methyl sites for hydroxylation is 3. The van der Waals surface area contributed by atoms with Crippen molar-refractivity contribution in [3.63, 3.8) is 0 Å². The molecule has 6 heterocycles. The van der Waals surface area contributed by atoms with Gasteiger partial charge in [-0.25, -0.2) is 15.0 Å². The molecule has 0 bridgehead atoms. The summed E-state index contributed by atoms with van der Waals surface area (Å²) in [6, 6.07) is 150. The Balaban J connectivity index is 0.000000113. The number of benzene rings is 18. The largest absolute Gasteiger partial charge is 0.309 e. The summed E-state index contributed by atoms with van der Waals surface area (Å²) in [7, 11) is -9.12. The molecule has 0 fully saturated rings. The highest BCUT2D eigenvalue weighted by atomic mass is 31.2. The molecule has 0 N–H and O–H groups in total. The highest BCUT2D eigenvalue weighted by Gasteiger charge is 2.37. The molecular formula is C112H82N9O3P3. The van der Waals surface area contributed by atoms with E-state index in [1.807, 2.05) is 218 Å². The highest BCUT2D eigenvalue weighted by Crippen LogP contribution is 2.54. The van der Waals surface area contributed by atoms with Crippen LogP contribution in [0.15, 0.2) is 443 Å². The molecule has 18 aromatic carbocycles. The summed E-state index contributed by atoms with van der Waals surface area (Å²) in [5.41, 5.74) is 23.8. The maximum atomic E-state index is 15.0. The molecule has 0 radical (unpaired) electrons. The Kier molecular flexibility index (Phi) is 19.5. The standard InChI is InChI=1S/C42H30N3OP.C38H28N3OP.C32H24N3OP/c1-29-43-38-18-11-19-40-42(38)44(29)39-25-23-33(28-41(39)45(40)34-12-5-2-6-13-34)30-20-21-32-27-37(24-22-31(32)26-30)47(46,35-14-7-3-8-15-35)36-16-9-4-10-17-36;1-27-39-34-18-11-19-36-38(34)40(27)35-25-22-29(26-37(35)41(36)30-12-5-2-6-13-30)28-20-23-33(24-21-28)43(42,31-14-7-3-8-15-31)32-16-9-4-10-17-32;1-23-33-28-15-10-18-31-32(28)34(23)29-16-8-9-17-30(29)35(31)24-19-21-27(22-20-24)37(36,25-11-4-2-5-12-25)26-13-6-3-7-14-26/h2-28H,1H3;2-26H,1H3;2-22H,1H3. The van der Waals surface area contributed by atoms with Gasteiger partial charge in [-0.1, -0.05) is 309 Å². The monoisotopic (exact) mass is 1690 g/mol. The minimum atomic E-state index is -3.06. The summed E-state index contributed by atoms with van der Waals surface area (Å²) < 4.78 is 51.4. The van der Waals surface area contributed by atoms with E-state index in [0.29, 0.717) is 0 Å². The molecule has 3 aromatic heterocycles. The van der Waals surface area contributed by atoms with Crippen molar-refractivity contribution >= 4 is 164 Å². The summed E-state index contributed by atoms with van der Waals surface area (Å²) in [6.45, 7) is 6.19. The molecule has 0 amide bonds. The molecule has 0 aliphatic carbocycles. The normalized spacial score (nSPS) is 12.4. The molecule has 24 rings (SSSR count). The van der Waals surface area contributed by atoms with Crippen LogP contribution in [0.25, 0.3) is 83.2 Å². The first kappa shape index (κ1) is 77.8.